The predicted octanol–water partition coefficient (Wildman–Crippen LogP) is 3.58. The molecule has 4 nitrogen and oxygen atoms in total. The van der Waals surface area contributed by atoms with Gasteiger partial charge < -0.3 is 10.1 Å². The number of nitrogens with zero attached hydrogens (tertiary/aromatic N) is 1. The van der Waals surface area contributed by atoms with Crippen LogP contribution in [0.3, 0.4) is 0 Å². The van der Waals surface area contributed by atoms with Gasteiger partial charge in [-0.25, -0.2) is 0 Å². The van der Waals surface area contributed by atoms with Gasteiger partial charge in [0, 0.05) is 5.69 Å². The molecule has 0 atom stereocenters. The van der Waals surface area contributed by atoms with Gasteiger partial charge in [0.25, 0.3) is 0 Å². The van der Waals surface area contributed by atoms with E-state index in [-0.39, 0.29) is 12.3 Å². The third-order valence-electron chi connectivity index (χ3n) is 3.07. The Labute approximate surface area is 130 Å². The summed E-state index contributed by atoms with van der Waals surface area (Å²) in [5.41, 5.74) is 3.40. The predicted molar refractivity (Wildman–Crippen MR) is 85.8 cm³/mol. The van der Waals surface area contributed by atoms with Crippen LogP contribution in [0, 0.1) is 25.2 Å². The highest BCUT2D eigenvalue weighted by atomic mass is 16.5. The Hall–Kier alpha value is -2.80. The second-order valence-electron chi connectivity index (χ2n) is 5.16. The van der Waals surface area contributed by atoms with Gasteiger partial charge in [-0.1, -0.05) is 12.1 Å². The van der Waals surface area contributed by atoms with Crippen molar-refractivity contribution >= 4 is 11.6 Å². The van der Waals surface area contributed by atoms with Crippen LogP contribution < -0.4 is 10.1 Å². The van der Waals surface area contributed by atoms with Gasteiger partial charge in [0.2, 0.25) is 5.91 Å². The summed E-state index contributed by atoms with van der Waals surface area (Å²) in [6.45, 7) is 4.33. The first-order chi connectivity index (χ1) is 10.6. The van der Waals surface area contributed by atoms with Crippen molar-refractivity contribution in [2.45, 2.75) is 20.3 Å². The van der Waals surface area contributed by atoms with Crippen molar-refractivity contribution in [1.82, 2.24) is 0 Å². The van der Waals surface area contributed by atoms with Gasteiger partial charge in [-0.2, -0.15) is 5.26 Å². The molecule has 1 N–H and O–H groups in total. The number of rotatable bonds is 5. The minimum absolute atomic E-state index is 0.139. The zero-order valence-electron chi connectivity index (χ0n) is 12.7. The van der Waals surface area contributed by atoms with Crippen LogP contribution in [-0.4, -0.2) is 12.5 Å². The van der Waals surface area contributed by atoms with Crippen LogP contribution in [-0.2, 0) is 4.79 Å². The molecule has 1 amide bonds. The van der Waals surface area contributed by atoms with Gasteiger partial charge in [0.15, 0.2) is 0 Å². The standard InChI is InChI=1S/C18H18N2O2/c1-13-8-14(2)10-17(9-13)22-7-6-18(21)20-16-5-3-4-15(11-16)12-19/h3-5,8-11H,6-7H2,1-2H3,(H,20,21). The number of benzene rings is 2. The van der Waals surface area contributed by atoms with Gasteiger partial charge >= 0.3 is 0 Å². The fraction of sp³-hybridized carbons (Fsp3) is 0.222. The molecule has 0 aliphatic heterocycles. The molecule has 0 aromatic heterocycles. The van der Waals surface area contributed by atoms with Crippen LogP contribution in [0.1, 0.15) is 23.1 Å². The lowest BCUT2D eigenvalue weighted by atomic mass is 10.1. The van der Waals surface area contributed by atoms with Crippen LogP contribution >= 0.6 is 0 Å². The molecule has 0 bridgehead atoms. The Kier molecular flexibility index (Phi) is 5.16. The Morgan fingerprint density at radius 1 is 1.18 bits per heavy atom. The third kappa shape index (κ3) is 4.64. The second-order valence-corrected chi connectivity index (χ2v) is 5.16. The lowest BCUT2D eigenvalue weighted by molar-refractivity contribution is -0.116. The molecule has 0 fully saturated rings. The molecular weight excluding hydrogens is 276 g/mol. The summed E-state index contributed by atoms with van der Waals surface area (Å²) in [6.07, 6.45) is 0.254. The number of anilines is 1. The highest BCUT2D eigenvalue weighted by molar-refractivity contribution is 5.90. The van der Waals surface area contributed by atoms with Crippen molar-refractivity contribution in [3.63, 3.8) is 0 Å². The maximum atomic E-state index is 11.9. The monoisotopic (exact) mass is 294 g/mol. The zero-order chi connectivity index (χ0) is 15.9. The number of hydrogen-bond acceptors (Lipinski definition) is 3. The molecule has 22 heavy (non-hydrogen) atoms. The van der Waals surface area contributed by atoms with E-state index in [1.807, 2.05) is 32.0 Å². The molecule has 0 saturated carbocycles. The molecule has 0 unspecified atom stereocenters. The molecule has 0 aliphatic rings. The van der Waals surface area contributed by atoms with Crippen molar-refractivity contribution in [1.29, 1.82) is 5.26 Å². The quantitative estimate of drug-likeness (QED) is 0.916. The first-order valence-corrected chi connectivity index (χ1v) is 7.08. The summed E-state index contributed by atoms with van der Waals surface area (Å²) in [7, 11) is 0. The zero-order valence-corrected chi connectivity index (χ0v) is 12.7. The van der Waals surface area contributed by atoms with Crippen molar-refractivity contribution < 1.29 is 9.53 Å². The number of aryl methyl sites for hydroxylation is 2. The molecule has 0 heterocycles. The van der Waals surface area contributed by atoms with Gasteiger partial charge in [0.1, 0.15) is 5.75 Å². The summed E-state index contributed by atoms with van der Waals surface area (Å²) < 4.78 is 5.61. The molecule has 2 rings (SSSR count). The van der Waals surface area contributed by atoms with Crippen LogP contribution in [0.4, 0.5) is 5.69 Å². The number of nitriles is 1. The molecule has 112 valence electrons. The Bertz CT molecular complexity index is 697. The molecule has 2 aromatic carbocycles. The number of hydrogen-bond donors (Lipinski definition) is 1. The fourth-order valence-electron chi connectivity index (χ4n) is 2.17. The van der Waals surface area contributed by atoms with E-state index in [4.69, 9.17) is 10.00 Å². The van der Waals surface area contributed by atoms with Crippen LogP contribution in [0.25, 0.3) is 0 Å². The SMILES string of the molecule is Cc1cc(C)cc(OCCC(=O)Nc2cccc(C#N)c2)c1. The van der Waals surface area contributed by atoms with Crippen LogP contribution in [0.2, 0.25) is 0 Å². The largest absolute Gasteiger partial charge is 0.493 e. The van der Waals surface area contributed by atoms with E-state index in [1.54, 1.807) is 24.3 Å². The summed E-state index contributed by atoms with van der Waals surface area (Å²) in [5, 5.41) is 11.6. The van der Waals surface area contributed by atoms with Crippen molar-refractivity contribution in [2.75, 3.05) is 11.9 Å². The maximum Gasteiger partial charge on any atom is 0.227 e. The molecule has 0 aliphatic carbocycles. The fourth-order valence-corrected chi connectivity index (χ4v) is 2.17. The van der Waals surface area contributed by atoms with E-state index in [9.17, 15) is 4.79 Å². The number of carbonyl (C=O) groups is 1. The topological polar surface area (TPSA) is 62.1 Å². The normalized spacial score (nSPS) is 9.86. The van der Waals surface area contributed by atoms with E-state index >= 15 is 0 Å². The average molecular weight is 294 g/mol. The molecular formula is C18H18N2O2. The molecule has 0 radical (unpaired) electrons. The Morgan fingerprint density at radius 3 is 2.59 bits per heavy atom. The Balaban J connectivity index is 1.84. The lowest BCUT2D eigenvalue weighted by Gasteiger charge is -2.09. The average Bonchev–Trinajstić information content (AvgIpc) is 2.46. The first kappa shape index (κ1) is 15.6. The Morgan fingerprint density at radius 2 is 1.91 bits per heavy atom. The summed E-state index contributed by atoms with van der Waals surface area (Å²) in [4.78, 5) is 11.9. The van der Waals surface area contributed by atoms with E-state index in [2.05, 4.69) is 11.4 Å². The smallest absolute Gasteiger partial charge is 0.227 e. The van der Waals surface area contributed by atoms with Gasteiger partial charge in [-0.3, -0.25) is 4.79 Å². The molecule has 4 heteroatoms. The van der Waals surface area contributed by atoms with Crippen molar-refractivity contribution in [2.24, 2.45) is 0 Å². The number of carbonyl (C=O) groups excluding carboxylic acids is 1. The van der Waals surface area contributed by atoms with E-state index in [0.717, 1.165) is 16.9 Å². The molecule has 0 spiro atoms. The number of nitrogens with one attached hydrogen (secondary N) is 1. The first-order valence-electron chi connectivity index (χ1n) is 7.08. The summed E-state index contributed by atoms with van der Waals surface area (Å²) in [6, 6.07) is 14.8. The van der Waals surface area contributed by atoms with Gasteiger partial charge in [0.05, 0.1) is 24.7 Å². The number of ether oxygens (including phenoxy) is 1. The second kappa shape index (κ2) is 7.28. The van der Waals surface area contributed by atoms with Gasteiger partial charge in [-0.05, 0) is 55.3 Å². The minimum atomic E-state index is -0.139. The van der Waals surface area contributed by atoms with Crippen LogP contribution in [0.5, 0.6) is 5.75 Å². The summed E-state index contributed by atoms with van der Waals surface area (Å²) in [5.74, 6) is 0.635. The minimum Gasteiger partial charge on any atom is -0.493 e. The van der Waals surface area contributed by atoms with E-state index in [1.165, 1.54) is 0 Å². The van der Waals surface area contributed by atoms with Crippen LogP contribution in [0.15, 0.2) is 42.5 Å². The lowest BCUT2D eigenvalue weighted by Crippen LogP contribution is -2.15. The summed E-state index contributed by atoms with van der Waals surface area (Å²) >= 11 is 0. The van der Waals surface area contributed by atoms with Crippen molar-refractivity contribution in [3.05, 3.63) is 59.2 Å². The van der Waals surface area contributed by atoms with Crippen molar-refractivity contribution in [3.8, 4) is 11.8 Å². The number of amides is 1. The van der Waals surface area contributed by atoms with Gasteiger partial charge in [-0.15, -0.1) is 0 Å². The van der Waals surface area contributed by atoms with E-state index < -0.39 is 0 Å². The molecule has 2 aromatic rings. The highest BCUT2D eigenvalue weighted by Crippen LogP contribution is 2.16. The third-order valence-corrected chi connectivity index (χ3v) is 3.07. The van der Waals surface area contributed by atoms with E-state index in [0.29, 0.717) is 17.9 Å². The maximum absolute atomic E-state index is 11.9. The molecule has 0 saturated heterocycles. The highest BCUT2D eigenvalue weighted by Gasteiger charge is 2.04.